The average molecular weight is 301 g/mol. The van der Waals surface area contributed by atoms with Gasteiger partial charge in [0.25, 0.3) is 5.92 Å². The molecule has 2 atom stereocenters. The summed E-state index contributed by atoms with van der Waals surface area (Å²) in [4.78, 5) is 12.4. The van der Waals surface area contributed by atoms with Crippen LogP contribution in [0.2, 0.25) is 0 Å². The molecule has 3 heterocycles. The second-order valence-corrected chi connectivity index (χ2v) is 5.82. The maximum atomic E-state index is 14.3. The first-order chi connectivity index (χ1) is 9.79. The minimum atomic E-state index is -3.09. The number of carboxylic acid groups (broad SMARTS) is 1. The van der Waals surface area contributed by atoms with E-state index in [1.165, 1.54) is 4.68 Å². The Morgan fingerprint density at radius 3 is 2.86 bits per heavy atom. The van der Waals surface area contributed by atoms with Crippen LogP contribution in [0.3, 0.4) is 0 Å². The molecule has 1 amide bonds. The lowest BCUT2D eigenvalue weighted by molar-refractivity contribution is -0.0252. The van der Waals surface area contributed by atoms with E-state index in [1.54, 1.807) is 6.92 Å². The number of fused-ring (bicyclic) bond motifs is 3. The van der Waals surface area contributed by atoms with E-state index in [2.05, 4.69) is 5.10 Å². The van der Waals surface area contributed by atoms with Crippen LogP contribution in [0.5, 0.6) is 0 Å². The highest BCUT2D eigenvalue weighted by Crippen LogP contribution is 2.41. The molecule has 1 unspecified atom stereocenters. The summed E-state index contributed by atoms with van der Waals surface area (Å²) in [5, 5.41) is 23.1. The Kier molecular flexibility index (Phi) is 3.16. The van der Waals surface area contributed by atoms with Crippen LogP contribution in [0.4, 0.5) is 13.6 Å². The Hall–Kier alpha value is -1.70. The maximum absolute atomic E-state index is 14.3. The summed E-state index contributed by atoms with van der Waals surface area (Å²) in [7, 11) is 0. The minimum Gasteiger partial charge on any atom is -0.465 e. The van der Waals surface area contributed by atoms with Crippen molar-refractivity contribution in [1.29, 1.82) is 0 Å². The minimum absolute atomic E-state index is 0.00415. The molecule has 8 heteroatoms. The van der Waals surface area contributed by atoms with Gasteiger partial charge in [-0.1, -0.05) is 0 Å². The van der Waals surface area contributed by atoms with Crippen LogP contribution in [0, 0.1) is 0 Å². The van der Waals surface area contributed by atoms with Gasteiger partial charge in [-0.25, -0.2) is 4.79 Å². The zero-order valence-electron chi connectivity index (χ0n) is 11.6. The van der Waals surface area contributed by atoms with Gasteiger partial charge in [-0.15, -0.1) is 0 Å². The summed E-state index contributed by atoms with van der Waals surface area (Å²) < 4.78 is 29.8. The van der Waals surface area contributed by atoms with E-state index in [0.29, 0.717) is 17.7 Å². The van der Waals surface area contributed by atoms with Crippen LogP contribution in [-0.2, 0) is 25.4 Å². The number of nitrogens with zero attached hydrogens (tertiary/aromatic N) is 3. The van der Waals surface area contributed by atoms with Crippen molar-refractivity contribution < 1.29 is 23.8 Å². The van der Waals surface area contributed by atoms with E-state index in [9.17, 15) is 23.8 Å². The molecule has 1 aromatic heterocycles. The quantitative estimate of drug-likeness (QED) is 0.762. The molecule has 6 nitrogen and oxygen atoms in total. The molecule has 116 valence electrons. The van der Waals surface area contributed by atoms with Crippen molar-refractivity contribution in [3.05, 3.63) is 17.0 Å². The van der Waals surface area contributed by atoms with Gasteiger partial charge in [0.15, 0.2) is 0 Å². The molecule has 0 bridgehead atoms. The monoisotopic (exact) mass is 301 g/mol. The number of rotatable bonds is 0. The number of aliphatic hydroxyl groups is 1. The number of carbonyl (C=O) groups is 1. The maximum Gasteiger partial charge on any atom is 0.407 e. The summed E-state index contributed by atoms with van der Waals surface area (Å²) in [6.07, 6.45) is -2.11. The smallest absolute Gasteiger partial charge is 0.407 e. The first-order valence-electron chi connectivity index (χ1n) is 6.94. The fraction of sp³-hybridized carbons (Fsp3) is 0.692. The highest BCUT2D eigenvalue weighted by Gasteiger charge is 2.44. The van der Waals surface area contributed by atoms with Crippen molar-refractivity contribution in [3.8, 4) is 0 Å². The van der Waals surface area contributed by atoms with Crippen LogP contribution in [0.25, 0.3) is 0 Å². The number of halogens is 2. The van der Waals surface area contributed by atoms with Gasteiger partial charge in [0.05, 0.1) is 24.9 Å². The van der Waals surface area contributed by atoms with Crippen LogP contribution < -0.4 is 0 Å². The number of alkyl halides is 2. The third kappa shape index (κ3) is 2.27. The molecule has 0 aromatic carbocycles. The van der Waals surface area contributed by atoms with Gasteiger partial charge >= 0.3 is 6.09 Å². The lowest BCUT2D eigenvalue weighted by Crippen LogP contribution is -2.42. The van der Waals surface area contributed by atoms with Gasteiger partial charge in [0.1, 0.15) is 5.69 Å². The SMILES string of the molecule is C[C@@H]1Cc2nn3c(c2CN1C(=O)O)C(F)(F)CCC(O)C3. The molecule has 0 aliphatic carbocycles. The second kappa shape index (κ2) is 4.66. The van der Waals surface area contributed by atoms with Crippen molar-refractivity contribution in [2.24, 2.45) is 0 Å². The van der Waals surface area contributed by atoms with E-state index in [-0.39, 0.29) is 31.2 Å². The molecule has 0 spiro atoms. The van der Waals surface area contributed by atoms with Gasteiger partial charge in [-0.05, 0) is 13.3 Å². The summed E-state index contributed by atoms with van der Waals surface area (Å²) >= 11 is 0. The Bertz CT molecular complexity index is 587. The van der Waals surface area contributed by atoms with Gasteiger partial charge in [0.2, 0.25) is 0 Å². The molecule has 21 heavy (non-hydrogen) atoms. The van der Waals surface area contributed by atoms with Crippen molar-refractivity contribution in [3.63, 3.8) is 0 Å². The molecule has 0 saturated heterocycles. The fourth-order valence-corrected chi connectivity index (χ4v) is 3.15. The fourth-order valence-electron chi connectivity index (χ4n) is 3.15. The topological polar surface area (TPSA) is 78.6 Å². The van der Waals surface area contributed by atoms with E-state index >= 15 is 0 Å². The summed E-state index contributed by atoms with van der Waals surface area (Å²) in [5.41, 5.74) is 0.588. The molecule has 1 aromatic rings. The average Bonchev–Trinajstić information content (AvgIpc) is 2.67. The van der Waals surface area contributed by atoms with Gasteiger partial charge < -0.3 is 15.1 Å². The van der Waals surface area contributed by atoms with E-state index in [0.717, 1.165) is 4.90 Å². The first-order valence-corrected chi connectivity index (χ1v) is 6.94. The van der Waals surface area contributed by atoms with Gasteiger partial charge in [0, 0.05) is 24.4 Å². The molecule has 2 N–H and O–H groups in total. The Morgan fingerprint density at radius 1 is 1.48 bits per heavy atom. The molecule has 0 saturated carbocycles. The van der Waals surface area contributed by atoms with Crippen LogP contribution in [0.1, 0.15) is 36.7 Å². The lowest BCUT2D eigenvalue weighted by atomic mass is 9.96. The van der Waals surface area contributed by atoms with E-state index < -0.39 is 24.5 Å². The molecule has 2 aliphatic heterocycles. The highest BCUT2D eigenvalue weighted by molar-refractivity contribution is 5.66. The van der Waals surface area contributed by atoms with Crippen molar-refractivity contribution >= 4 is 6.09 Å². The van der Waals surface area contributed by atoms with Crippen molar-refractivity contribution in [2.75, 3.05) is 0 Å². The van der Waals surface area contributed by atoms with Gasteiger partial charge in [-0.3, -0.25) is 4.68 Å². The number of hydrogen-bond acceptors (Lipinski definition) is 3. The predicted molar refractivity (Wildman–Crippen MR) is 68.1 cm³/mol. The molecule has 3 rings (SSSR count). The first kappa shape index (κ1) is 14.2. The third-order valence-corrected chi connectivity index (χ3v) is 4.25. The van der Waals surface area contributed by atoms with E-state index in [1.807, 2.05) is 0 Å². The van der Waals surface area contributed by atoms with Crippen LogP contribution in [0.15, 0.2) is 0 Å². The van der Waals surface area contributed by atoms with Crippen LogP contribution in [-0.4, -0.2) is 43.1 Å². The lowest BCUT2D eigenvalue weighted by Gasteiger charge is -2.31. The van der Waals surface area contributed by atoms with Crippen molar-refractivity contribution in [2.45, 2.75) is 57.3 Å². The Morgan fingerprint density at radius 2 is 2.19 bits per heavy atom. The molecule has 2 aliphatic rings. The molecular weight excluding hydrogens is 284 g/mol. The highest BCUT2D eigenvalue weighted by atomic mass is 19.3. The summed E-state index contributed by atoms with van der Waals surface area (Å²) in [6.45, 7) is 1.68. The predicted octanol–water partition coefficient (Wildman–Crippen LogP) is 1.55. The second-order valence-electron chi connectivity index (χ2n) is 5.82. The summed E-state index contributed by atoms with van der Waals surface area (Å²) in [6, 6.07) is -0.298. The largest absolute Gasteiger partial charge is 0.465 e. The molecule has 0 fully saturated rings. The zero-order valence-corrected chi connectivity index (χ0v) is 11.6. The summed E-state index contributed by atoms with van der Waals surface area (Å²) in [5.74, 6) is -3.09. The van der Waals surface area contributed by atoms with Crippen LogP contribution >= 0.6 is 0 Å². The normalized spacial score (nSPS) is 27.7. The molecule has 0 radical (unpaired) electrons. The standard InChI is InChI=1S/C13H17F2N3O3/c1-7-4-10-9(6-17(7)12(20)21)11-13(14,15)3-2-8(19)5-18(11)16-10/h7-8,19H,2-6H2,1H3,(H,20,21)/t7-,8?/m1/s1. The number of aliphatic hydroxyl groups excluding tert-OH is 1. The van der Waals surface area contributed by atoms with Gasteiger partial charge in [-0.2, -0.15) is 13.9 Å². The van der Waals surface area contributed by atoms with E-state index in [4.69, 9.17) is 0 Å². The number of hydrogen-bond donors (Lipinski definition) is 2. The zero-order chi connectivity index (χ0) is 15.4. The van der Waals surface area contributed by atoms with Crippen molar-refractivity contribution in [1.82, 2.24) is 14.7 Å². The number of amides is 1. The number of aromatic nitrogens is 2. The molecular formula is C13H17F2N3O3. The third-order valence-electron chi connectivity index (χ3n) is 4.25. The Balaban J connectivity index is 2.09. The Labute approximate surface area is 120 Å².